The predicted molar refractivity (Wildman–Crippen MR) is 111 cm³/mol. The molecule has 2 atom stereocenters. The molecule has 0 spiro atoms. The summed E-state index contributed by atoms with van der Waals surface area (Å²) >= 11 is 0. The number of benzene rings is 1. The number of nitrogens with one attached hydrogen (secondary N) is 1. The van der Waals surface area contributed by atoms with Crippen molar-refractivity contribution in [1.29, 1.82) is 0 Å². The van der Waals surface area contributed by atoms with Crippen LogP contribution in [-0.2, 0) is 14.8 Å². The van der Waals surface area contributed by atoms with E-state index in [9.17, 15) is 17.6 Å². The normalized spacial score (nSPS) is 24.4. The smallest absolute Gasteiger partial charge is 0.211 e. The summed E-state index contributed by atoms with van der Waals surface area (Å²) in [5, 5.41) is 8.34. The topological polar surface area (TPSA) is 93.5 Å². The number of nitrogens with zero attached hydrogens (tertiary/aromatic N) is 3. The molecule has 0 unspecified atom stereocenters. The van der Waals surface area contributed by atoms with Gasteiger partial charge in [0.05, 0.1) is 18.5 Å². The number of Topliss-reactive ketones (excluding diaryl/α,β-unsaturated/α-hetero) is 1. The molecule has 30 heavy (non-hydrogen) atoms. The number of sulfonamides is 1. The molecule has 2 aromatic rings. The maximum atomic E-state index is 14.9. The standard InChI is InChI=1S/C20H27FN4O4S/c1-13-7-17(26)9-15(23-13)12-29-18-8-14-11-22-25(20(14)19(21)10-18)16-3-5-24(6-4-16)30(2,27)28/h8,10-11,13,15-16,23H,3-7,9,12H2,1-2H3/t13-,15-/m0/s1. The zero-order chi connectivity index (χ0) is 21.5. The molecule has 2 aliphatic rings. The van der Waals surface area contributed by atoms with Crippen molar-refractivity contribution >= 4 is 26.7 Å². The number of carbonyl (C=O) groups excluding carboxylic acids is 1. The summed E-state index contributed by atoms with van der Waals surface area (Å²) in [5.74, 6) is 0.185. The Bertz CT molecular complexity index is 1050. The Labute approximate surface area is 175 Å². The molecule has 3 heterocycles. The van der Waals surface area contributed by atoms with E-state index in [0.29, 0.717) is 62.0 Å². The Balaban J connectivity index is 1.46. The number of halogens is 1. The van der Waals surface area contributed by atoms with E-state index in [2.05, 4.69) is 10.4 Å². The molecule has 0 amide bonds. The van der Waals surface area contributed by atoms with Crippen molar-refractivity contribution in [3.05, 3.63) is 24.1 Å². The number of rotatable bonds is 5. The Kier molecular flexibility index (Phi) is 5.82. The molecule has 4 rings (SSSR count). The molecule has 2 fully saturated rings. The lowest BCUT2D eigenvalue weighted by Gasteiger charge is -2.30. The molecule has 1 aromatic heterocycles. The minimum atomic E-state index is -3.21. The molecule has 0 aliphatic carbocycles. The third-order valence-corrected chi connectivity index (χ3v) is 7.14. The number of hydrogen-bond donors (Lipinski definition) is 1. The van der Waals surface area contributed by atoms with Crippen molar-refractivity contribution in [2.24, 2.45) is 0 Å². The quantitative estimate of drug-likeness (QED) is 0.766. The second-order valence-corrected chi connectivity index (χ2v) is 10.3. The van der Waals surface area contributed by atoms with E-state index in [1.807, 2.05) is 6.92 Å². The van der Waals surface area contributed by atoms with Crippen LogP contribution in [0.25, 0.3) is 10.9 Å². The Morgan fingerprint density at radius 2 is 2.00 bits per heavy atom. The van der Waals surface area contributed by atoms with E-state index < -0.39 is 15.8 Å². The van der Waals surface area contributed by atoms with Crippen LogP contribution in [0.5, 0.6) is 5.75 Å². The molecule has 2 aliphatic heterocycles. The van der Waals surface area contributed by atoms with E-state index in [-0.39, 0.29) is 23.9 Å². The van der Waals surface area contributed by atoms with Gasteiger partial charge in [-0.25, -0.2) is 17.1 Å². The average Bonchev–Trinajstić information content (AvgIpc) is 3.10. The van der Waals surface area contributed by atoms with Gasteiger partial charge in [0, 0.05) is 49.5 Å². The highest BCUT2D eigenvalue weighted by Crippen LogP contribution is 2.31. The Morgan fingerprint density at radius 3 is 2.67 bits per heavy atom. The van der Waals surface area contributed by atoms with Gasteiger partial charge in [-0.3, -0.25) is 9.48 Å². The summed E-state index contributed by atoms with van der Waals surface area (Å²) in [6, 6.07) is 3.08. The van der Waals surface area contributed by atoms with E-state index in [4.69, 9.17) is 4.74 Å². The zero-order valence-electron chi connectivity index (χ0n) is 17.2. The van der Waals surface area contributed by atoms with Crippen LogP contribution in [0, 0.1) is 5.82 Å². The van der Waals surface area contributed by atoms with Gasteiger partial charge in [-0.2, -0.15) is 5.10 Å². The summed E-state index contributed by atoms with van der Waals surface area (Å²) in [6.07, 6.45) is 4.93. The minimum absolute atomic E-state index is 0.0549. The average molecular weight is 439 g/mol. The highest BCUT2D eigenvalue weighted by Gasteiger charge is 2.28. The number of ether oxygens (including phenoxy) is 1. The van der Waals surface area contributed by atoms with Gasteiger partial charge in [0.15, 0.2) is 5.82 Å². The van der Waals surface area contributed by atoms with Gasteiger partial charge in [0.2, 0.25) is 10.0 Å². The number of piperidine rings is 2. The lowest BCUT2D eigenvalue weighted by atomic mass is 9.99. The van der Waals surface area contributed by atoms with E-state index in [1.165, 1.54) is 16.6 Å². The molecule has 1 aromatic carbocycles. The third-order valence-electron chi connectivity index (χ3n) is 5.83. The number of hydrogen-bond acceptors (Lipinski definition) is 6. The monoisotopic (exact) mass is 438 g/mol. The van der Waals surface area contributed by atoms with Gasteiger partial charge < -0.3 is 10.1 Å². The largest absolute Gasteiger partial charge is 0.492 e. The first kappa shape index (κ1) is 21.2. The van der Waals surface area contributed by atoms with Crippen molar-refractivity contribution in [3.8, 4) is 5.75 Å². The lowest BCUT2D eigenvalue weighted by Crippen LogP contribution is -2.47. The molecule has 0 saturated carbocycles. The maximum absolute atomic E-state index is 14.9. The van der Waals surface area contributed by atoms with Gasteiger partial charge >= 0.3 is 0 Å². The highest BCUT2D eigenvalue weighted by atomic mass is 32.2. The lowest BCUT2D eigenvalue weighted by molar-refractivity contribution is -0.121. The molecular weight excluding hydrogens is 411 g/mol. The van der Waals surface area contributed by atoms with Crippen LogP contribution in [-0.4, -0.2) is 66.3 Å². The highest BCUT2D eigenvalue weighted by molar-refractivity contribution is 7.88. The second kappa shape index (κ2) is 8.24. The molecule has 2 saturated heterocycles. The third kappa shape index (κ3) is 4.50. The van der Waals surface area contributed by atoms with Crippen LogP contribution >= 0.6 is 0 Å². The summed E-state index contributed by atoms with van der Waals surface area (Å²) in [5.41, 5.74) is 0.403. The number of carbonyl (C=O) groups is 1. The molecular formula is C20H27FN4O4S. The van der Waals surface area contributed by atoms with Crippen molar-refractivity contribution in [3.63, 3.8) is 0 Å². The van der Waals surface area contributed by atoms with Gasteiger partial charge in [-0.1, -0.05) is 0 Å². The molecule has 0 bridgehead atoms. The first-order valence-corrected chi connectivity index (χ1v) is 12.1. The van der Waals surface area contributed by atoms with Crippen LogP contribution in [0.4, 0.5) is 4.39 Å². The van der Waals surface area contributed by atoms with Crippen LogP contribution in [0.3, 0.4) is 0 Å². The fourth-order valence-electron chi connectivity index (χ4n) is 4.42. The minimum Gasteiger partial charge on any atom is -0.492 e. The van der Waals surface area contributed by atoms with Gasteiger partial charge in [0.1, 0.15) is 23.7 Å². The first-order chi connectivity index (χ1) is 14.2. The van der Waals surface area contributed by atoms with Crippen LogP contribution in [0.1, 0.15) is 38.6 Å². The van der Waals surface area contributed by atoms with Gasteiger partial charge in [-0.05, 0) is 25.8 Å². The predicted octanol–water partition coefficient (Wildman–Crippen LogP) is 1.86. The van der Waals surface area contributed by atoms with E-state index >= 15 is 0 Å². The fraction of sp³-hybridized carbons (Fsp3) is 0.600. The molecule has 0 radical (unpaired) electrons. The van der Waals surface area contributed by atoms with Gasteiger partial charge in [-0.15, -0.1) is 0 Å². The summed E-state index contributed by atoms with van der Waals surface area (Å²) in [6.45, 7) is 3.06. The number of ketones is 1. The van der Waals surface area contributed by atoms with Crippen molar-refractivity contribution < 1.29 is 22.3 Å². The molecule has 8 nitrogen and oxygen atoms in total. The van der Waals surface area contributed by atoms with Crippen molar-refractivity contribution in [2.75, 3.05) is 26.0 Å². The van der Waals surface area contributed by atoms with Crippen molar-refractivity contribution in [1.82, 2.24) is 19.4 Å². The molecule has 1 N–H and O–H groups in total. The Morgan fingerprint density at radius 1 is 1.27 bits per heavy atom. The van der Waals surface area contributed by atoms with Crippen LogP contribution in [0.15, 0.2) is 18.3 Å². The van der Waals surface area contributed by atoms with E-state index in [1.54, 1.807) is 16.9 Å². The molecule has 164 valence electrons. The summed E-state index contributed by atoms with van der Waals surface area (Å²) in [7, 11) is -3.21. The summed E-state index contributed by atoms with van der Waals surface area (Å²) in [4.78, 5) is 11.7. The number of aromatic nitrogens is 2. The first-order valence-electron chi connectivity index (χ1n) is 10.2. The van der Waals surface area contributed by atoms with Crippen LogP contribution in [0.2, 0.25) is 0 Å². The molecule has 10 heteroatoms. The SMILES string of the molecule is C[C@H]1CC(=O)C[C@@H](COc2cc(F)c3c(cnn3C3CCN(S(C)(=O)=O)CC3)c2)N1. The maximum Gasteiger partial charge on any atom is 0.211 e. The number of fused-ring (bicyclic) bond motifs is 1. The Hall–Kier alpha value is -2.04. The van der Waals surface area contributed by atoms with Gasteiger partial charge in [0.25, 0.3) is 0 Å². The van der Waals surface area contributed by atoms with E-state index in [0.717, 1.165) is 0 Å². The van der Waals surface area contributed by atoms with Crippen molar-refractivity contribution in [2.45, 2.75) is 50.7 Å². The summed E-state index contributed by atoms with van der Waals surface area (Å²) < 4.78 is 47.2. The second-order valence-electron chi connectivity index (χ2n) is 8.35. The zero-order valence-corrected chi connectivity index (χ0v) is 18.0. The van der Waals surface area contributed by atoms with Crippen LogP contribution < -0.4 is 10.1 Å². The fourth-order valence-corrected chi connectivity index (χ4v) is 5.29.